The lowest BCUT2D eigenvalue weighted by Crippen LogP contribution is -2.47. The molecule has 0 aromatic heterocycles. The third-order valence-corrected chi connectivity index (χ3v) is 5.02. The minimum absolute atomic E-state index is 0.0263. The van der Waals surface area contributed by atoms with Gasteiger partial charge in [-0.1, -0.05) is 35.9 Å². The quantitative estimate of drug-likeness (QED) is 0.764. The molecule has 1 N–H and O–H groups in total. The lowest BCUT2D eigenvalue weighted by Gasteiger charge is -2.38. The molecule has 1 atom stereocenters. The Morgan fingerprint density at radius 2 is 1.81 bits per heavy atom. The second-order valence-corrected chi connectivity index (χ2v) is 7.03. The van der Waals surface area contributed by atoms with Crippen LogP contribution < -0.4 is 5.32 Å². The average molecular weight is 389 g/mol. The van der Waals surface area contributed by atoms with Crippen molar-refractivity contribution in [3.63, 3.8) is 0 Å². The molecular weight excluding hydrogens is 371 g/mol. The first-order chi connectivity index (χ1) is 12.4. The molecule has 0 amide bonds. The smallest absolute Gasteiger partial charge is 0.174 e. The number of nitrogens with one attached hydrogen (secondary N) is 1. The number of Topliss-reactive ketones (excluding diaryl/α,β-unsaturated/α-hetero) is 1. The van der Waals surface area contributed by atoms with Gasteiger partial charge in [-0.15, -0.1) is 0 Å². The Labute approximate surface area is 162 Å². The zero-order chi connectivity index (χ0) is 18.8. The van der Waals surface area contributed by atoms with E-state index in [1.54, 1.807) is 31.2 Å². The molecule has 3 rings (SSSR count). The van der Waals surface area contributed by atoms with E-state index in [-0.39, 0.29) is 17.6 Å². The highest BCUT2D eigenvalue weighted by atomic mass is 35.5. The number of hydrogen-bond donors (Lipinski definition) is 1. The van der Waals surface area contributed by atoms with Crippen LogP contribution in [-0.2, 0) is 11.3 Å². The molecule has 3 nitrogen and oxygen atoms in total. The summed E-state index contributed by atoms with van der Waals surface area (Å²) >= 11 is 11.5. The van der Waals surface area contributed by atoms with Crippen molar-refractivity contribution in [1.82, 2.24) is 10.2 Å². The van der Waals surface area contributed by atoms with Gasteiger partial charge in [0.2, 0.25) is 0 Å². The Bertz CT molecular complexity index is 878. The van der Waals surface area contributed by atoms with E-state index in [9.17, 15) is 9.18 Å². The van der Waals surface area contributed by atoms with E-state index in [1.165, 1.54) is 12.1 Å². The summed E-state index contributed by atoms with van der Waals surface area (Å²) in [6.45, 7) is 3.90. The molecule has 1 heterocycles. The topological polar surface area (TPSA) is 32.3 Å². The minimum atomic E-state index is -0.318. The number of allylic oxidation sites excluding steroid dienone is 1. The van der Waals surface area contributed by atoms with Gasteiger partial charge in [-0.05, 0) is 61.5 Å². The molecule has 1 aliphatic rings. The summed E-state index contributed by atoms with van der Waals surface area (Å²) in [5.74, 6) is -0.311. The van der Waals surface area contributed by atoms with Crippen LogP contribution in [0.3, 0.4) is 0 Å². The van der Waals surface area contributed by atoms with Crippen LogP contribution in [0.25, 0.3) is 0 Å². The van der Waals surface area contributed by atoms with E-state index >= 15 is 0 Å². The molecule has 0 bridgehead atoms. The number of nitrogens with zero attached hydrogens (tertiary/aromatic N) is 1. The highest BCUT2D eigenvalue weighted by Crippen LogP contribution is 2.32. The number of carbonyl (C=O) groups excluding carboxylic acids is 1. The number of carbonyl (C=O) groups is 1. The molecular formula is C20H18ClFN2OS. The lowest BCUT2D eigenvalue weighted by molar-refractivity contribution is -0.114. The Kier molecular flexibility index (Phi) is 5.39. The van der Waals surface area contributed by atoms with Crippen LogP contribution in [0.4, 0.5) is 4.39 Å². The van der Waals surface area contributed by atoms with Gasteiger partial charge in [0.05, 0.1) is 6.04 Å². The molecule has 1 unspecified atom stereocenters. The standard InChI is InChI=1S/C20H18ClFN2OS/c1-12-18(13(2)25)19(15-5-7-16(21)8-6-15)23-20(26)24(12)11-14-3-9-17(22)10-4-14/h3-10,19H,11H2,1-2H3,(H,23,26). The second-order valence-electron chi connectivity index (χ2n) is 6.20. The van der Waals surface area contributed by atoms with Crippen LogP contribution in [-0.4, -0.2) is 15.8 Å². The van der Waals surface area contributed by atoms with Crippen molar-refractivity contribution in [3.8, 4) is 0 Å². The third-order valence-electron chi connectivity index (χ3n) is 4.43. The zero-order valence-electron chi connectivity index (χ0n) is 14.4. The van der Waals surface area contributed by atoms with Gasteiger partial charge in [-0.25, -0.2) is 4.39 Å². The van der Waals surface area contributed by atoms with Crippen molar-refractivity contribution in [2.75, 3.05) is 0 Å². The molecule has 26 heavy (non-hydrogen) atoms. The summed E-state index contributed by atoms with van der Waals surface area (Å²) in [6.07, 6.45) is 0. The first-order valence-corrected chi connectivity index (χ1v) is 8.95. The van der Waals surface area contributed by atoms with Crippen LogP contribution in [0.2, 0.25) is 5.02 Å². The number of benzene rings is 2. The number of thiocarbonyl (C=S) groups is 1. The Hall–Kier alpha value is -2.24. The molecule has 0 aliphatic carbocycles. The predicted molar refractivity (Wildman–Crippen MR) is 105 cm³/mol. The van der Waals surface area contributed by atoms with Gasteiger partial charge in [0.15, 0.2) is 10.9 Å². The molecule has 0 fully saturated rings. The number of halogens is 2. The largest absolute Gasteiger partial charge is 0.351 e. The van der Waals surface area contributed by atoms with E-state index in [4.69, 9.17) is 23.8 Å². The fraction of sp³-hybridized carbons (Fsp3) is 0.200. The van der Waals surface area contributed by atoms with Crippen LogP contribution in [0, 0.1) is 5.82 Å². The van der Waals surface area contributed by atoms with E-state index in [0.717, 1.165) is 16.8 Å². The third kappa shape index (κ3) is 3.79. The summed E-state index contributed by atoms with van der Waals surface area (Å²) < 4.78 is 13.1. The van der Waals surface area contributed by atoms with Gasteiger partial charge in [-0.2, -0.15) is 0 Å². The molecule has 0 saturated heterocycles. The van der Waals surface area contributed by atoms with Crippen molar-refractivity contribution < 1.29 is 9.18 Å². The van der Waals surface area contributed by atoms with Gasteiger partial charge in [0.25, 0.3) is 0 Å². The van der Waals surface area contributed by atoms with E-state index in [0.29, 0.717) is 22.3 Å². The Balaban J connectivity index is 1.98. The fourth-order valence-electron chi connectivity index (χ4n) is 3.11. The molecule has 1 aliphatic heterocycles. The van der Waals surface area contributed by atoms with E-state index < -0.39 is 0 Å². The van der Waals surface area contributed by atoms with E-state index in [2.05, 4.69) is 5.32 Å². The summed E-state index contributed by atoms with van der Waals surface area (Å²) in [7, 11) is 0. The molecule has 2 aromatic carbocycles. The van der Waals surface area contributed by atoms with Gasteiger partial charge < -0.3 is 10.2 Å². The van der Waals surface area contributed by atoms with E-state index in [1.807, 2.05) is 24.0 Å². The lowest BCUT2D eigenvalue weighted by atomic mass is 9.92. The number of hydrogen-bond acceptors (Lipinski definition) is 2. The first-order valence-electron chi connectivity index (χ1n) is 8.16. The summed E-state index contributed by atoms with van der Waals surface area (Å²) in [6, 6.07) is 13.3. The molecule has 0 radical (unpaired) electrons. The summed E-state index contributed by atoms with van der Waals surface area (Å²) in [4.78, 5) is 14.2. The number of ketones is 1. The van der Waals surface area contributed by atoms with Crippen LogP contribution >= 0.6 is 23.8 Å². The molecule has 2 aromatic rings. The van der Waals surface area contributed by atoms with Crippen molar-refractivity contribution >= 4 is 34.7 Å². The van der Waals surface area contributed by atoms with Crippen LogP contribution in [0.1, 0.15) is 31.0 Å². The first kappa shape index (κ1) is 18.5. The molecule has 6 heteroatoms. The molecule has 0 spiro atoms. The van der Waals surface area contributed by atoms with Gasteiger partial charge in [0, 0.05) is 22.8 Å². The highest BCUT2D eigenvalue weighted by Gasteiger charge is 2.32. The minimum Gasteiger partial charge on any atom is -0.351 e. The normalized spacial score (nSPS) is 17.3. The maximum atomic E-state index is 13.1. The monoisotopic (exact) mass is 388 g/mol. The fourth-order valence-corrected chi connectivity index (χ4v) is 3.55. The van der Waals surface area contributed by atoms with Crippen molar-refractivity contribution in [3.05, 3.63) is 81.8 Å². The molecule has 0 saturated carbocycles. The van der Waals surface area contributed by atoms with Gasteiger partial charge in [0.1, 0.15) is 5.82 Å². The van der Waals surface area contributed by atoms with Crippen LogP contribution in [0.15, 0.2) is 59.8 Å². The van der Waals surface area contributed by atoms with Gasteiger partial charge >= 0.3 is 0 Å². The summed E-state index contributed by atoms with van der Waals surface area (Å²) in [5, 5.41) is 4.42. The van der Waals surface area contributed by atoms with Crippen molar-refractivity contribution in [1.29, 1.82) is 0 Å². The number of rotatable bonds is 4. The van der Waals surface area contributed by atoms with Gasteiger partial charge in [-0.3, -0.25) is 4.79 Å². The van der Waals surface area contributed by atoms with Crippen molar-refractivity contribution in [2.24, 2.45) is 0 Å². The zero-order valence-corrected chi connectivity index (χ0v) is 16.0. The second kappa shape index (κ2) is 7.56. The Morgan fingerprint density at radius 3 is 2.38 bits per heavy atom. The molecule has 134 valence electrons. The predicted octanol–water partition coefficient (Wildman–Crippen LogP) is 4.77. The summed E-state index contributed by atoms with van der Waals surface area (Å²) in [5.41, 5.74) is 3.28. The maximum Gasteiger partial charge on any atom is 0.174 e. The van der Waals surface area contributed by atoms with Crippen molar-refractivity contribution in [2.45, 2.75) is 26.4 Å². The highest BCUT2D eigenvalue weighted by molar-refractivity contribution is 7.80. The SMILES string of the molecule is CC(=O)C1=C(C)N(Cc2ccc(F)cc2)C(=S)NC1c1ccc(Cl)cc1. The Morgan fingerprint density at radius 1 is 1.19 bits per heavy atom. The average Bonchev–Trinajstić information content (AvgIpc) is 2.60. The van der Waals surface area contributed by atoms with Crippen LogP contribution in [0.5, 0.6) is 0 Å². The maximum absolute atomic E-state index is 13.1.